The molecule has 20 heavy (non-hydrogen) atoms. The van der Waals surface area contributed by atoms with Crippen LogP contribution in [0.5, 0.6) is 11.5 Å². The van der Waals surface area contributed by atoms with E-state index in [1.807, 2.05) is 18.2 Å². The van der Waals surface area contributed by atoms with E-state index in [-0.39, 0.29) is 6.04 Å². The first-order valence-electron chi connectivity index (χ1n) is 6.38. The number of hydrogen-bond donors (Lipinski definition) is 1. The Morgan fingerprint density at radius 1 is 1.25 bits per heavy atom. The van der Waals surface area contributed by atoms with Crippen LogP contribution in [0, 0.1) is 6.92 Å². The SMILES string of the molecule is COc1ccc(C(C)NCc2nc(C)no2)cc1OC. The molecule has 0 bridgehead atoms. The zero-order chi connectivity index (χ0) is 14.5. The molecule has 108 valence electrons. The number of aromatic nitrogens is 2. The Hall–Kier alpha value is -2.08. The summed E-state index contributed by atoms with van der Waals surface area (Å²) >= 11 is 0. The van der Waals surface area contributed by atoms with Gasteiger partial charge in [0.1, 0.15) is 0 Å². The normalized spacial score (nSPS) is 12.2. The van der Waals surface area contributed by atoms with Crippen LogP contribution in [-0.4, -0.2) is 24.4 Å². The molecular weight excluding hydrogens is 258 g/mol. The number of ether oxygens (including phenoxy) is 2. The Balaban J connectivity index is 2.03. The van der Waals surface area contributed by atoms with Gasteiger partial charge in [-0.3, -0.25) is 0 Å². The van der Waals surface area contributed by atoms with Crippen molar-refractivity contribution in [3.63, 3.8) is 0 Å². The van der Waals surface area contributed by atoms with Gasteiger partial charge in [0.2, 0.25) is 5.89 Å². The first kappa shape index (κ1) is 14.3. The lowest BCUT2D eigenvalue weighted by Gasteiger charge is -2.15. The zero-order valence-electron chi connectivity index (χ0n) is 12.1. The minimum absolute atomic E-state index is 0.127. The monoisotopic (exact) mass is 277 g/mol. The molecule has 6 nitrogen and oxygen atoms in total. The Morgan fingerprint density at radius 3 is 2.60 bits per heavy atom. The molecule has 0 aliphatic rings. The zero-order valence-corrected chi connectivity index (χ0v) is 12.1. The molecule has 0 fully saturated rings. The van der Waals surface area contributed by atoms with E-state index in [1.165, 1.54) is 0 Å². The summed E-state index contributed by atoms with van der Waals surface area (Å²) in [4.78, 5) is 4.15. The van der Waals surface area contributed by atoms with Crippen LogP contribution in [0.3, 0.4) is 0 Å². The fraction of sp³-hybridized carbons (Fsp3) is 0.429. The largest absolute Gasteiger partial charge is 0.493 e. The Kier molecular flexibility index (Phi) is 4.57. The fourth-order valence-corrected chi connectivity index (χ4v) is 1.89. The predicted octanol–water partition coefficient (Wildman–Crippen LogP) is 2.25. The molecule has 0 spiro atoms. The quantitative estimate of drug-likeness (QED) is 0.873. The number of nitrogens with one attached hydrogen (secondary N) is 1. The summed E-state index contributed by atoms with van der Waals surface area (Å²) < 4.78 is 15.6. The van der Waals surface area contributed by atoms with Crippen molar-refractivity contribution in [3.8, 4) is 11.5 Å². The molecule has 6 heteroatoms. The molecule has 1 unspecified atom stereocenters. The van der Waals surface area contributed by atoms with Crippen molar-refractivity contribution in [2.75, 3.05) is 14.2 Å². The molecule has 1 N–H and O–H groups in total. The van der Waals surface area contributed by atoms with Gasteiger partial charge < -0.3 is 19.3 Å². The Bertz CT molecular complexity index is 569. The summed E-state index contributed by atoms with van der Waals surface area (Å²) in [5.74, 6) is 2.65. The smallest absolute Gasteiger partial charge is 0.240 e. The third-order valence-corrected chi connectivity index (χ3v) is 3.04. The van der Waals surface area contributed by atoms with Crippen LogP contribution in [0.2, 0.25) is 0 Å². The highest BCUT2D eigenvalue weighted by Gasteiger charge is 2.11. The standard InChI is InChI=1S/C14H19N3O3/c1-9(15-8-14-16-10(2)17-20-14)11-5-6-12(18-3)13(7-11)19-4/h5-7,9,15H,8H2,1-4H3. The summed E-state index contributed by atoms with van der Waals surface area (Å²) in [6.45, 7) is 4.38. The molecule has 1 aromatic carbocycles. The molecule has 2 aromatic rings. The van der Waals surface area contributed by atoms with E-state index in [9.17, 15) is 0 Å². The fourth-order valence-electron chi connectivity index (χ4n) is 1.89. The number of hydrogen-bond acceptors (Lipinski definition) is 6. The van der Waals surface area contributed by atoms with E-state index in [0.29, 0.717) is 24.0 Å². The lowest BCUT2D eigenvalue weighted by molar-refractivity contribution is 0.351. The van der Waals surface area contributed by atoms with E-state index < -0.39 is 0 Å². The van der Waals surface area contributed by atoms with E-state index in [2.05, 4.69) is 22.4 Å². The number of nitrogens with zero attached hydrogens (tertiary/aromatic N) is 2. The average Bonchev–Trinajstić information content (AvgIpc) is 2.89. The maximum atomic E-state index is 5.30. The van der Waals surface area contributed by atoms with Crippen LogP contribution < -0.4 is 14.8 Å². The van der Waals surface area contributed by atoms with Gasteiger partial charge in [0, 0.05) is 6.04 Å². The molecule has 0 aliphatic carbocycles. The van der Waals surface area contributed by atoms with Crippen molar-refractivity contribution < 1.29 is 14.0 Å². The molecule has 0 saturated heterocycles. The van der Waals surface area contributed by atoms with E-state index >= 15 is 0 Å². The highest BCUT2D eigenvalue weighted by molar-refractivity contribution is 5.43. The van der Waals surface area contributed by atoms with Crippen LogP contribution in [0.25, 0.3) is 0 Å². The summed E-state index contributed by atoms with van der Waals surface area (Å²) in [5.41, 5.74) is 1.10. The summed E-state index contributed by atoms with van der Waals surface area (Å²) in [7, 11) is 3.25. The first-order chi connectivity index (χ1) is 9.63. The lowest BCUT2D eigenvalue weighted by Crippen LogP contribution is -2.18. The average molecular weight is 277 g/mol. The number of aryl methyl sites for hydroxylation is 1. The molecule has 0 saturated carbocycles. The van der Waals surface area contributed by atoms with Crippen molar-refractivity contribution in [2.45, 2.75) is 26.4 Å². The molecule has 2 rings (SSSR count). The molecule has 1 atom stereocenters. The van der Waals surface area contributed by atoms with Gasteiger partial charge in [0.05, 0.1) is 20.8 Å². The van der Waals surface area contributed by atoms with Crippen LogP contribution in [0.4, 0.5) is 0 Å². The second-order valence-electron chi connectivity index (χ2n) is 4.45. The van der Waals surface area contributed by atoms with E-state index in [4.69, 9.17) is 14.0 Å². The van der Waals surface area contributed by atoms with Gasteiger partial charge in [0.15, 0.2) is 17.3 Å². The van der Waals surface area contributed by atoms with Crippen LogP contribution in [-0.2, 0) is 6.54 Å². The Labute approximate surface area is 118 Å². The number of rotatable bonds is 6. The Morgan fingerprint density at radius 2 is 2.00 bits per heavy atom. The van der Waals surface area contributed by atoms with E-state index in [0.717, 1.165) is 11.3 Å². The first-order valence-corrected chi connectivity index (χ1v) is 6.38. The van der Waals surface area contributed by atoms with Crippen molar-refractivity contribution in [3.05, 3.63) is 35.5 Å². The maximum absolute atomic E-state index is 5.30. The third-order valence-electron chi connectivity index (χ3n) is 3.04. The van der Waals surface area contributed by atoms with Gasteiger partial charge >= 0.3 is 0 Å². The molecule has 1 heterocycles. The number of benzene rings is 1. The topological polar surface area (TPSA) is 69.4 Å². The van der Waals surface area contributed by atoms with Crippen molar-refractivity contribution in [1.82, 2.24) is 15.5 Å². The second-order valence-corrected chi connectivity index (χ2v) is 4.45. The molecule has 0 radical (unpaired) electrons. The molecule has 0 amide bonds. The highest BCUT2D eigenvalue weighted by Crippen LogP contribution is 2.29. The van der Waals surface area contributed by atoms with Crippen LogP contribution >= 0.6 is 0 Å². The van der Waals surface area contributed by atoms with Crippen molar-refractivity contribution in [1.29, 1.82) is 0 Å². The van der Waals surface area contributed by atoms with Gasteiger partial charge in [-0.05, 0) is 31.5 Å². The highest BCUT2D eigenvalue weighted by atomic mass is 16.5. The van der Waals surface area contributed by atoms with Gasteiger partial charge in [-0.2, -0.15) is 4.98 Å². The van der Waals surface area contributed by atoms with Gasteiger partial charge in [-0.15, -0.1) is 0 Å². The predicted molar refractivity (Wildman–Crippen MR) is 73.8 cm³/mol. The maximum Gasteiger partial charge on any atom is 0.240 e. The lowest BCUT2D eigenvalue weighted by atomic mass is 10.1. The summed E-state index contributed by atoms with van der Waals surface area (Å²) in [5, 5.41) is 7.08. The van der Waals surface area contributed by atoms with Crippen molar-refractivity contribution >= 4 is 0 Å². The van der Waals surface area contributed by atoms with Gasteiger partial charge in [-0.1, -0.05) is 11.2 Å². The van der Waals surface area contributed by atoms with Gasteiger partial charge in [-0.25, -0.2) is 0 Å². The minimum Gasteiger partial charge on any atom is -0.493 e. The van der Waals surface area contributed by atoms with Gasteiger partial charge in [0.25, 0.3) is 0 Å². The van der Waals surface area contributed by atoms with Crippen LogP contribution in [0.15, 0.2) is 22.7 Å². The molecular formula is C14H19N3O3. The van der Waals surface area contributed by atoms with E-state index in [1.54, 1.807) is 21.1 Å². The summed E-state index contributed by atoms with van der Waals surface area (Å²) in [6.07, 6.45) is 0. The minimum atomic E-state index is 0.127. The van der Waals surface area contributed by atoms with Crippen LogP contribution in [0.1, 0.15) is 30.2 Å². The summed E-state index contributed by atoms with van der Waals surface area (Å²) in [6, 6.07) is 5.97. The van der Waals surface area contributed by atoms with Crippen molar-refractivity contribution in [2.24, 2.45) is 0 Å². The second kappa shape index (κ2) is 6.38. The number of methoxy groups -OCH3 is 2. The molecule has 1 aromatic heterocycles. The third kappa shape index (κ3) is 3.27. The molecule has 0 aliphatic heterocycles.